The SMILES string of the molecule is C/C=C/[C@@H]1OC(=Nc2ccc(OC)cc2)[C@@H]1C. The molecule has 1 aromatic rings. The Morgan fingerprint density at radius 3 is 2.53 bits per heavy atom. The van der Waals surface area contributed by atoms with Gasteiger partial charge in [-0.3, -0.25) is 0 Å². The number of aliphatic imine (C=N–C) groups is 1. The van der Waals surface area contributed by atoms with Crippen molar-refractivity contribution >= 4 is 11.6 Å². The highest BCUT2D eigenvalue weighted by Gasteiger charge is 2.34. The van der Waals surface area contributed by atoms with Crippen molar-refractivity contribution in [3.8, 4) is 5.75 Å². The molecule has 0 aromatic heterocycles. The van der Waals surface area contributed by atoms with E-state index in [1.54, 1.807) is 7.11 Å². The second-order valence-corrected chi connectivity index (χ2v) is 4.04. The number of allylic oxidation sites excluding steroid dienone is 1. The van der Waals surface area contributed by atoms with Gasteiger partial charge in [0.05, 0.1) is 18.7 Å². The van der Waals surface area contributed by atoms with Crippen molar-refractivity contribution in [2.45, 2.75) is 20.0 Å². The molecule has 17 heavy (non-hydrogen) atoms. The third kappa shape index (κ3) is 2.49. The van der Waals surface area contributed by atoms with Crippen molar-refractivity contribution in [3.05, 3.63) is 36.4 Å². The number of rotatable bonds is 3. The normalized spacial score (nSPS) is 25.7. The Bertz CT molecular complexity index is 434. The van der Waals surface area contributed by atoms with Crippen LogP contribution in [0.25, 0.3) is 0 Å². The molecule has 0 aliphatic carbocycles. The van der Waals surface area contributed by atoms with Crippen LogP contribution in [0.2, 0.25) is 0 Å². The molecule has 0 bridgehead atoms. The van der Waals surface area contributed by atoms with Crippen molar-refractivity contribution < 1.29 is 9.47 Å². The van der Waals surface area contributed by atoms with Crippen LogP contribution in [0, 0.1) is 5.92 Å². The molecule has 0 saturated carbocycles. The molecule has 2 atom stereocenters. The molecule has 3 heteroatoms. The zero-order chi connectivity index (χ0) is 12.3. The van der Waals surface area contributed by atoms with Crippen LogP contribution < -0.4 is 4.74 Å². The predicted molar refractivity (Wildman–Crippen MR) is 68.9 cm³/mol. The van der Waals surface area contributed by atoms with Crippen LogP contribution in [0.4, 0.5) is 5.69 Å². The van der Waals surface area contributed by atoms with Gasteiger partial charge in [0.1, 0.15) is 11.9 Å². The molecule has 0 spiro atoms. The maximum Gasteiger partial charge on any atom is 0.196 e. The molecule has 1 heterocycles. The largest absolute Gasteiger partial charge is 0.497 e. The van der Waals surface area contributed by atoms with Gasteiger partial charge in [-0.2, -0.15) is 0 Å². The molecular weight excluding hydrogens is 214 g/mol. The van der Waals surface area contributed by atoms with Gasteiger partial charge in [0, 0.05) is 0 Å². The van der Waals surface area contributed by atoms with Gasteiger partial charge < -0.3 is 9.47 Å². The molecule has 1 aliphatic rings. The highest BCUT2D eigenvalue weighted by Crippen LogP contribution is 2.27. The molecule has 0 amide bonds. The summed E-state index contributed by atoms with van der Waals surface area (Å²) in [6, 6.07) is 7.63. The van der Waals surface area contributed by atoms with Gasteiger partial charge in [-0.25, -0.2) is 4.99 Å². The molecule has 1 aromatic carbocycles. The zero-order valence-corrected chi connectivity index (χ0v) is 10.4. The highest BCUT2D eigenvalue weighted by molar-refractivity contribution is 5.86. The van der Waals surface area contributed by atoms with Crippen LogP contribution in [-0.2, 0) is 4.74 Å². The number of ether oxygens (including phenoxy) is 2. The molecule has 0 unspecified atom stereocenters. The summed E-state index contributed by atoms with van der Waals surface area (Å²) in [4.78, 5) is 4.46. The topological polar surface area (TPSA) is 30.8 Å². The number of hydrogen-bond acceptors (Lipinski definition) is 3. The van der Waals surface area contributed by atoms with Gasteiger partial charge in [0.2, 0.25) is 0 Å². The summed E-state index contributed by atoms with van der Waals surface area (Å²) in [6.07, 6.45) is 4.24. The van der Waals surface area contributed by atoms with Crippen LogP contribution in [0.3, 0.4) is 0 Å². The van der Waals surface area contributed by atoms with Crippen molar-refractivity contribution in [1.29, 1.82) is 0 Å². The highest BCUT2D eigenvalue weighted by atomic mass is 16.5. The van der Waals surface area contributed by atoms with Gasteiger partial charge >= 0.3 is 0 Å². The Labute approximate surface area is 102 Å². The standard InChI is InChI=1S/C14H17NO2/c1-4-5-13-10(2)14(17-13)15-11-6-8-12(16-3)9-7-11/h4-10,13H,1-3H3/b5-4+,15-14?/t10-,13+/m1/s1. The molecule has 1 fully saturated rings. The molecule has 0 N–H and O–H groups in total. The summed E-state index contributed by atoms with van der Waals surface area (Å²) in [5, 5.41) is 0. The fourth-order valence-electron chi connectivity index (χ4n) is 1.72. The smallest absolute Gasteiger partial charge is 0.196 e. The quantitative estimate of drug-likeness (QED) is 0.747. The predicted octanol–water partition coefficient (Wildman–Crippen LogP) is 3.34. The number of benzene rings is 1. The summed E-state index contributed by atoms with van der Waals surface area (Å²) in [7, 11) is 1.65. The van der Waals surface area contributed by atoms with Gasteiger partial charge in [0.25, 0.3) is 0 Å². The average Bonchev–Trinajstić information content (AvgIpc) is 2.38. The van der Waals surface area contributed by atoms with Crippen LogP contribution in [0.5, 0.6) is 5.75 Å². The van der Waals surface area contributed by atoms with Gasteiger partial charge in [-0.15, -0.1) is 0 Å². The van der Waals surface area contributed by atoms with Crippen molar-refractivity contribution in [3.63, 3.8) is 0 Å². The van der Waals surface area contributed by atoms with E-state index in [1.807, 2.05) is 37.3 Å². The summed E-state index contributed by atoms with van der Waals surface area (Å²) >= 11 is 0. The van der Waals surface area contributed by atoms with E-state index in [2.05, 4.69) is 18.0 Å². The van der Waals surface area contributed by atoms with Crippen LogP contribution >= 0.6 is 0 Å². The molecule has 3 nitrogen and oxygen atoms in total. The fourth-order valence-corrected chi connectivity index (χ4v) is 1.72. The molecule has 2 rings (SSSR count). The first-order valence-corrected chi connectivity index (χ1v) is 5.76. The van der Waals surface area contributed by atoms with Crippen molar-refractivity contribution in [1.82, 2.24) is 0 Å². The van der Waals surface area contributed by atoms with E-state index >= 15 is 0 Å². The Hall–Kier alpha value is -1.77. The van der Waals surface area contributed by atoms with E-state index in [4.69, 9.17) is 9.47 Å². The fraction of sp³-hybridized carbons (Fsp3) is 0.357. The number of methoxy groups -OCH3 is 1. The minimum Gasteiger partial charge on any atom is -0.497 e. The van der Waals surface area contributed by atoms with E-state index in [-0.39, 0.29) is 6.10 Å². The van der Waals surface area contributed by atoms with E-state index in [0.717, 1.165) is 17.3 Å². The maximum atomic E-state index is 5.58. The minimum atomic E-state index is 0.178. The lowest BCUT2D eigenvalue weighted by atomic mass is 9.98. The first kappa shape index (κ1) is 11.7. The summed E-state index contributed by atoms with van der Waals surface area (Å²) in [5.74, 6) is 2.00. The average molecular weight is 231 g/mol. The van der Waals surface area contributed by atoms with E-state index in [0.29, 0.717) is 5.92 Å². The lowest BCUT2D eigenvalue weighted by Gasteiger charge is -2.34. The summed E-state index contributed by atoms with van der Waals surface area (Å²) in [5.41, 5.74) is 0.895. The lowest BCUT2D eigenvalue weighted by molar-refractivity contribution is 0.108. The Kier molecular flexibility index (Phi) is 3.47. The summed E-state index contributed by atoms with van der Waals surface area (Å²) in [6.45, 7) is 4.12. The Morgan fingerprint density at radius 2 is 2.00 bits per heavy atom. The van der Waals surface area contributed by atoms with E-state index in [9.17, 15) is 0 Å². The second-order valence-electron chi connectivity index (χ2n) is 4.04. The molecular formula is C14H17NO2. The molecule has 0 radical (unpaired) electrons. The Balaban J connectivity index is 2.05. The van der Waals surface area contributed by atoms with Crippen molar-refractivity contribution in [2.24, 2.45) is 10.9 Å². The van der Waals surface area contributed by atoms with Crippen LogP contribution in [-0.4, -0.2) is 19.1 Å². The van der Waals surface area contributed by atoms with Gasteiger partial charge in [-0.1, -0.05) is 6.08 Å². The van der Waals surface area contributed by atoms with Crippen molar-refractivity contribution in [2.75, 3.05) is 7.11 Å². The third-order valence-electron chi connectivity index (χ3n) is 2.83. The van der Waals surface area contributed by atoms with E-state index < -0.39 is 0 Å². The van der Waals surface area contributed by atoms with Crippen LogP contribution in [0.15, 0.2) is 41.4 Å². The molecule has 1 saturated heterocycles. The second kappa shape index (κ2) is 5.04. The third-order valence-corrected chi connectivity index (χ3v) is 2.83. The molecule has 90 valence electrons. The van der Waals surface area contributed by atoms with Crippen LogP contribution in [0.1, 0.15) is 13.8 Å². The Morgan fingerprint density at radius 1 is 1.29 bits per heavy atom. The first-order valence-electron chi connectivity index (χ1n) is 5.76. The molecule has 1 aliphatic heterocycles. The minimum absolute atomic E-state index is 0.178. The maximum absolute atomic E-state index is 5.58. The van der Waals surface area contributed by atoms with E-state index in [1.165, 1.54) is 0 Å². The number of nitrogens with zero attached hydrogens (tertiary/aromatic N) is 1. The lowest BCUT2D eigenvalue weighted by Crippen LogP contribution is -2.41. The summed E-state index contributed by atoms with van der Waals surface area (Å²) < 4.78 is 10.7. The first-order chi connectivity index (χ1) is 8.24. The zero-order valence-electron chi connectivity index (χ0n) is 10.4. The van der Waals surface area contributed by atoms with Gasteiger partial charge in [0.15, 0.2) is 5.90 Å². The van der Waals surface area contributed by atoms with Gasteiger partial charge in [-0.05, 0) is 44.2 Å². The monoisotopic (exact) mass is 231 g/mol. The number of hydrogen-bond donors (Lipinski definition) is 0.